The monoisotopic (exact) mass is 213 g/mol. The van der Waals surface area contributed by atoms with Crippen molar-refractivity contribution in [3.63, 3.8) is 0 Å². The molecule has 1 fully saturated rings. The number of hydrogen-bond donors (Lipinski definition) is 2. The summed E-state index contributed by atoms with van der Waals surface area (Å²) in [5.74, 6) is 0.875. The van der Waals surface area contributed by atoms with E-state index in [0.717, 1.165) is 5.92 Å². The number of aliphatic hydroxyl groups excluding tert-OH is 1. The Kier molecular flexibility index (Phi) is 4.60. The molecule has 0 aliphatic heterocycles. The number of nitrogens with one attached hydrogen (secondary N) is 1. The van der Waals surface area contributed by atoms with Crippen LogP contribution in [0.5, 0.6) is 0 Å². The summed E-state index contributed by atoms with van der Waals surface area (Å²) in [6, 6.07) is 0.881. The Balaban J connectivity index is 2.30. The zero-order valence-electron chi connectivity index (χ0n) is 10.7. The van der Waals surface area contributed by atoms with Gasteiger partial charge in [-0.15, -0.1) is 0 Å². The summed E-state index contributed by atoms with van der Waals surface area (Å²) in [4.78, 5) is 0. The molecule has 0 aromatic rings. The maximum absolute atomic E-state index is 8.98. The molecule has 0 heterocycles. The lowest BCUT2D eigenvalue weighted by molar-refractivity contribution is 0.149. The molecule has 2 N–H and O–H groups in total. The van der Waals surface area contributed by atoms with Gasteiger partial charge in [-0.2, -0.15) is 0 Å². The van der Waals surface area contributed by atoms with Gasteiger partial charge in [0, 0.05) is 12.1 Å². The molecule has 0 saturated heterocycles. The molecule has 90 valence electrons. The summed E-state index contributed by atoms with van der Waals surface area (Å²) < 4.78 is 0. The molecule has 0 radical (unpaired) electrons. The van der Waals surface area contributed by atoms with Gasteiger partial charge in [-0.1, -0.05) is 20.8 Å². The molecule has 1 saturated carbocycles. The van der Waals surface area contributed by atoms with Gasteiger partial charge in [-0.3, -0.25) is 0 Å². The molecule has 2 heteroatoms. The summed E-state index contributed by atoms with van der Waals surface area (Å²) in [5.41, 5.74) is 0.466. The maximum atomic E-state index is 8.98. The molecule has 1 atom stereocenters. The lowest BCUT2D eigenvalue weighted by Gasteiger charge is -2.37. The van der Waals surface area contributed by atoms with Crippen molar-refractivity contribution in [2.24, 2.45) is 11.3 Å². The van der Waals surface area contributed by atoms with Crippen LogP contribution >= 0.6 is 0 Å². The van der Waals surface area contributed by atoms with Crippen LogP contribution in [0.4, 0.5) is 0 Å². The average Bonchev–Trinajstić information content (AvgIpc) is 2.17. The minimum absolute atomic E-state index is 0.249. The Morgan fingerprint density at radius 2 is 1.73 bits per heavy atom. The van der Waals surface area contributed by atoms with E-state index in [1.165, 1.54) is 25.7 Å². The topological polar surface area (TPSA) is 32.3 Å². The smallest absolute Gasteiger partial charge is 0.0582 e. The summed E-state index contributed by atoms with van der Waals surface area (Å²) in [7, 11) is 0. The van der Waals surface area contributed by atoms with E-state index in [9.17, 15) is 0 Å². The minimum Gasteiger partial charge on any atom is -0.395 e. The van der Waals surface area contributed by atoms with Gasteiger partial charge in [-0.05, 0) is 43.9 Å². The summed E-state index contributed by atoms with van der Waals surface area (Å²) in [5, 5.41) is 12.5. The van der Waals surface area contributed by atoms with Crippen molar-refractivity contribution in [1.29, 1.82) is 0 Å². The molecule has 0 aromatic heterocycles. The molecule has 15 heavy (non-hydrogen) atoms. The van der Waals surface area contributed by atoms with Gasteiger partial charge in [0.2, 0.25) is 0 Å². The normalized spacial score (nSPS) is 30.2. The molecule has 1 rings (SSSR count). The van der Waals surface area contributed by atoms with Crippen molar-refractivity contribution in [3.05, 3.63) is 0 Å². The van der Waals surface area contributed by atoms with Gasteiger partial charge < -0.3 is 10.4 Å². The Hall–Kier alpha value is -0.0800. The number of hydrogen-bond acceptors (Lipinski definition) is 2. The molecule has 1 aliphatic carbocycles. The lowest BCUT2D eigenvalue weighted by atomic mass is 9.71. The second-order valence-electron chi connectivity index (χ2n) is 6.16. The van der Waals surface area contributed by atoms with Crippen molar-refractivity contribution in [2.45, 2.75) is 65.5 Å². The Bertz CT molecular complexity index is 177. The van der Waals surface area contributed by atoms with E-state index in [1.54, 1.807) is 0 Å². The largest absolute Gasteiger partial charge is 0.395 e. The van der Waals surface area contributed by atoms with E-state index in [-0.39, 0.29) is 12.6 Å². The number of rotatable bonds is 3. The first-order valence-corrected chi connectivity index (χ1v) is 6.30. The maximum Gasteiger partial charge on any atom is 0.0582 e. The van der Waals surface area contributed by atoms with Crippen molar-refractivity contribution >= 4 is 0 Å². The van der Waals surface area contributed by atoms with Crippen molar-refractivity contribution in [1.82, 2.24) is 5.32 Å². The molecular formula is C13H27NO. The van der Waals surface area contributed by atoms with Gasteiger partial charge in [0.25, 0.3) is 0 Å². The fourth-order valence-corrected chi connectivity index (χ4v) is 2.58. The third kappa shape index (κ3) is 4.12. The van der Waals surface area contributed by atoms with Crippen LogP contribution in [0.15, 0.2) is 0 Å². The van der Waals surface area contributed by atoms with Crippen LogP contribution in [-0.4, -0.2) is 23.8 Å². The molecule has 0 amide bonds. The van der Waals surface area contributed by atoms with Crippen LogP contribution in [0.25, 0.3) is 0 Å². The van der Waals surface area contributed by atoms with E-state index < -0.39 is 0 Å². The molecule has 0 aromatic carbocycles. The third-order valence-electron chi connectivity index (χ3n) is 3.75. The molecule has 1 aliphatic rings. The number of aliphatic hydroxyl groups is 1. The van der Waals surface area contributed by atoms with Crippen molar-refractivity contribution < 1.29 is 5.11 Å². The quantitative estimate of drug-likeness (QED) is 0.755. The molecular weight excluding hydrogens is 186 g/mol. The van der Waals surface area contributed by atoms with Crippen LogP contribution in [0.2, 0.25) is 0 Å². The minimum atomic E-state index is 0.249. The standard InChI is InChI=1S/C13H27NO/c1-10(9-15)14-12-7-5-11(6-8-12)13(2,3)4/h10-12,14-15H,5-9H2,1-4H3/t10-,11?,12?/m1/s1. The van der Waals surface area contributed by atoms with Crippen LogP contribution in [0.1, 0.15) is 53.4 Å². The predicted octanol–water partition coefficient (Wildman–Crippen LogP) is 2.56. The highest BCUT2D eigenvalue weighted by Gasteiger charge is 2.29. The molecule has 2 nitrogen and oxygen atoms in total. The van der Waals surface area contributed by atoms with Crippen LogP contribution in [-0.2, 0) is 0 Å². The van der Waals surface area contributed by atoms with Crippen LogP contribution in [0.3, 0.4) is 0 Å². The predicted molar refractivity (Wildman–Crippen MR) is 64.9 cm³/mol. The first-order chi connectivity index (χ1) is 6.93. The lowest BCUT2D eigenvalue weighted by Crippen LogP contribution is -2.42. The Labute approximate surface area is 94.5 Å². The SMILES string of the molecule is C[C@H](CO)NC1CCC(C(C)(C)C)CC1. The van der Waals surface area contributed by atoms with E-state index in [1.807, 2.05) is 0 Å². The van der Waals surface area contributed by atoms with E-state index in [0.29, 0.717) is 11.5 Å². The molecule has 0 unspecified atom stereocenters. The highest BCUT2D eigenvalue weighted by atomic mass is 16.3. The second-order valence-corrected chi connectivity index (χ2v) is 6.16. The molecule has 0 spiro atoms. The van der Waals surface area contributed by atoms with E-state index in [4.69, 9.17) is 5.11 Å². The van der Waals surface area contributed by atoms with E-state index >= 15 is 0 Å². The fraction of sp³-hybridized carbons (Fsp3) is 1.00. The zero-order valence-corrected chi connectivity index (χ0v) is 10.7. The molecule has 0 bridgehead atoms. The van der Waals surface area contributed by atoms with Gasteiger partial charge in [0.15, 0.2) is 0 Å². The van der Waals surface area contributed by atoms with E-state index in [2.05, 4.69) is 33.0 Å². The first-order valence-electron chi connectivity index (χ1n) is 6.30. The van der Waals surface area contributed by atoms with Gasteiger partial charge in [-0.25, -0.2) is 0 Å². The van der Waals surface area contributed by atoms with Gasteiger partial charge in [0.05, 0.1) is 6.61 Å². The van der Waals surface area contributed by atoms with Gasteiger partial charge >= 0.3 is 0 Å². The average molecular weight is 213 g/mol. The third-order valence-corrected chi connectivity index (χ3v) is 3.75. The first kappa shape index (κ1) is 13.0. The Morgan fingerprint density at radius 3 is 2.13 bits per heavy atom. The fourth-order valence-electron chi connectivity index (χ4n) is 2.58. The summed E-state index contributed by atoms with van der Waals surface area (Å²) in [6.07, 6.45) is 5.21. The van der Waals surface area contributed by atoms with Gasteiger partial charge in [0.1, 0.15) is 0 Å². The van der Waals surface area contributed by atoms with Crippen LogP contribution in [0, 0.1) is 11.3 Å². The Morgan fingerprint density at radius 1 is 1.20 bits per heavy atom. The summed E-state index contributed by atoms with van der Waals surface area (Å²) >= 11 is 0. The summed E-state index contributed by atoms with van der Waals surface area (Å²) in [6.45, 7) is 9.35. The highest BCUT2D eigenvalue weighted by Crippen LogP contribution is 2.37. The van der Waals surface area contributed by atoms with Crippen molar-refractivity contribution in [3.8, 4) is 0 Å². The highest BCUT2D eigenvalue weighted by molar-refractivity contribution is 4.84. The van der Waals surface area contributed by atoms with Crippen molar-refractivity contribution in [2.75, 3.05) is 6.61 Å². The second kappa shape index (κ2) is 5.31. The zero-order chi connectivity index (χ0) is 11.5. The van der Waals surface area contributed by atoms with Crippen LogP contribution < -0.4 is 5.32 Å².